The van der Waals surface area contributed by atoms with Gasteiger partial charge in [0, 0.05) is 35.1 Å². The first-order valence-corrected chi connectivity index (χ1v) is 13.7. The van der Waals surface area contributed by atoms with Crippen molar-refractivity contribution in [1.29, 1.82) is 0 Å². The zero-order chi connectivity index (χ0) is 29.6. The standard InChI is InChI=1S/C32H26O10/c1-39-11-5-13-21(19(7-11)41-3)27(35)23-26(34)18-9-15-16-10-17(31(15,23)29(13)37)25(33)24-28(36)22-14(30(38)32(16,18)24)6-12(40-2)8-20(22)42-4/h5-8,15-18,35-36H,9-10H2,1-4H3/t15-,16-,17-,18-,31+,32+/m1/s1. The van der Waals surface area contributed by atoms with E-state index >= 15 is 0 Å². The molecule has 6 aliphatic rings. The Balaban J connectivity index is 1.47. The zero-order valence-electron chi connectivity index (χ0n) is 23.2. The van der Waals surface area contributed by atoms with Crippen molar-refractivity contribution in [3.8, 4) is 23.0 Å². The average molecular weight is 571 g/mol. The summed E-state index contributed by atoms with van der Waals surface area (Å²) in [6, 6.07) is 5.99. The fraction of sp³-hybridized carbons (Fsp3) is 0.375. The van der Waals surface area contributed by atoms with Gasteiger partial charge in [-0.3, -0.25) is 19.2 Å². The SMILES string of the molecule is COc1cc(OC)c2c(c1)C(=O)[C@@]13C(=C2O)C(=O)[C@H]2C[C@@H]1[C@H]1C[C@@H]3C(=O)C3=C(O)c4c(OC)cc(OC)cc4C(=O)[C@]321. The lowest BCUT2D eigenvalue weighted by Crippen LogP contribution is -2.59. The quantitative estimate of drug-likeness (QED) is 0.557. The van der Waals surface area contributed by atoms with E-state index in [0.29, 0.717) is 11.5 Å². The monoisotopic (exact) mass is 570 g/mol. The van der Waals surface area contributed by atoms with E-state index in [9.17, 15) is 29.4 Å². The first kappa shape index (κ1) is 25.1. The van der Waals surface area contributed by atoms with E-state index in [1.165, 1.54) is 52.7 Å². The number of fused-ring (bicyclic) bond motifs is 4. The highest BCUT2D eigenvalue weighted by molar-refractivity contribution is 6.30. The number of ether oxygens (including phenoxy) is 4. The van der Waals surface area contributed by atoms with Crippen LogP contribution in [0.2, 0.25) is 0 Å². The maximum atomic E-state index is 14.8. The number of carbonyl (C=O) groups is 4. The molecule has 0 unspecified atom stereocenters. The first-order chi connectivity index (χ1) is 20.1. The van der Waals surface area contributed by atoms with Gasteiger partial charge in [0.15, 0.2) is 23.1 Å². The number of aliphatic hydroxyl groups excluding tert-OH is 2. The second-order valence-corrected chi connectivity index (χ2v) is 11.9. The molecule has 42 heavy (non-hydrogen) atoms. The lowest BCUT2D eigenvalue weighted by atomic mass is 9.47. The highest BCUT2D eigenvalue weighted by atomic mass is 16.5. The molecular formula is C32H26O10. The van der Waals surface area contributed by atoms with Crippen LogP contribution in [0, 0.1) is 34.5 Å². The summed E-state index contributed by atoms with van der Waals surface area (Å²) < 4.78 is 21.8. The number of Topliss-reactive ketones (excluding diaryl/α,β-unsaturated/α-hetero) is 4. The van der Waals surface area contributed by atoms with Crippen molar-refractivity contribution in [2.75, 3.05) is 28.4 Å². The first-order valence-electron chi connectivity index (χ1n) is 13.7. The number of aliphatic hydroxyl groups is 2. The number of hydrogen-bond donors (Lipinski definition) is 2. The molecule has 0 radical (unpaired) electrons. The van der Waals surface area contributed by atoms with Crippen molar-refractivity contribution < 1.29 is 48.3 Å². The van der Waals surface area contributed by atoms with Crippen LogP contribution in [-0.2, 0) is 9.59 Å². The van der Waals surface area contributed by atoms with Crippen LogP contribution >= 0.6 is 0 Å². The second-order valence-electron chi connectivity index (χ2n) is 11.9. The lowest BCUT2D eigenvalue weighted by molar-refractivity contribution is -0.131. The molecule has 2 aromatic rings. The minimum Gasteiger partial charge on any atom is -0.507 e. The molecule has 0 aliphatic heterocycles. The molecule has 0 aromatic heterocycles. The summed E-state index contributed by atoms with van der Waals surface area (Å²) in [5.74, 6) is -5.31. The summed E-state index contributed by atoms with van der Waals surface area (Å²) in [5, 5.41) is 23.6. The number of ketones is 4. The van der Waals surface area contributed by atoms with Crippen LogP contribution in [-0.4, -0.2) is 61.8 Å². The molecule has 4 fully saturated rings. The Morgan fingerprint density at radius 2 is 1.00 bits per heavy atom. The predicted molar refractivity (Wildman–Crippen MR) is 145 cm³/mol. The van der Waals surface area contributed by atoms with Crippen molar-refractivity contribution in [2.45, 2.75) is 12.8 Å². The Morgan fingerprint density at radius 1 is 0.619 bits per heavy atom. The Bertz CT molecular complexity index is 1680. The molecular weight excluding hydrogens is 544 g/mol. The number of hydrogen-bond acceptors (Lipinski definition) is 10. The number of methoxy groups -OCH3 is 4. The maximum absolute atomic E-state index is 14.8. The fourth-order valence-corrected chi connectivity index (χ4v) is 9.62. The van der Waals surface area contributed by atoms with Crippen LogP contribution in [0.25, 0.3) is 11.5 Å². The van der Waals surface area contributed by atoms with Crippen LogP contribution in [0.3, 0.4) is 0 Å². The summed E-state index contributed by atoms with van der Waals surface area (Å²) in [6.07, 6.45) is 0.344. The molecule has 0 amide bonds. The van der Waals surface area contributed by atoms with Crippen LogP contribution < -0.4 is 18.9 Å². The molecule has 2 aromatic carbocycles. The normalized spacial score (nSPS) is 33.0. The number of allylic oxidation sites excluding steroid dienone is 2. The largest absolute Gasteiger partial charge is 0.507 e. The van der Waals surface area contributed by atoms with Gasteiger partial charge in [-0.2, -0.15) is 0 Å². The number of carbonyl (C=O) groups excluding carboxylic acids is 4. The Kier molecular flexibility index (Phi) is 4.56. The smallest absolute Gasteiger partial charge is 0.175 e. The molecule has 10 nitrogen and oxygen atoms in total. The minimum absolute atomic E-state index is 0.0660. The van der Waals surface area contributed by atoms with Crippen molar-refractivity contribution in [2.24, 2.45) is 34.5 Å². The van der Waals surface area contributed by atoms with E-state index in [4.69, 9.17) is 18.9 Å². The van der Waals surface area contributed by atoms with Gasteiger partial charge in [0.05, 0.1) is 61.5 Å². The van der Waals surface area contributed by atoms with Crippen molar-refractivity contribution in [3.63, 3.8) is 0 Å². The van der Waals surface area contributed by atoms with Gasteiger partial charge in [0.2, 0.25) is 0 Å². The molecule has 10 heteroatoms. The van der Waals surface area contributed by atoms with Crippen molar-refractivity contribution in [3.05, 3.63) is 57.7 Å². The molecule has 2 N–H and O–H groups in total. The van der Waals surface area contributed by atoms with Gasteiger partial charge < -0.3 is 29.2 Å². The van der Waals surface area contributed by atoms with E-state index in [1.54, 1.807) is 0 Å². The van der Waals surface area contributed by atoms with E-state index in [2.05, 4.69) is 0 Å². The van der Waals surface area contributed by atoms with Crippen LogP contribution in [0.4, 0.5) is 0 Å². The molecule has 4 bridgehead atoms. The third-order valence-electron chi connectivity index (χ3n) is 10.9. The van der Waals surface area contributed by atoms with E-state index in [-0.39, 0.29) is 57.7 Å². The third-order valence-corrected chi connectivity index (χ3v) is 10.9. The molecule has 214 valence electrons. The topological polar surface area (TPSA) is 146 Å². The van der Waals surface area contributed by atoms with Gasteiger partial charge in [-0.25, -0.2) is 0 Å². The van der Waals surface area contributed by atoms with E-state index < -0.39 is 69.2 Å². The Hall–Kier alpha value is -4.60. The molecule has 8 rings (SSSR count). The summed E-state index contributed by atoms with van der Waals surface area (Å²) in [6.45, 7) is 0. The van der Waals surface area contributed by atoms with Crippen molar-refractivity contribution >= 4 is 34.7 Å². The summed E-state index contributed by atoms with van der Waals surface area (Å²) in [5.41, 5.74) is -3.32. The van der Waals surface area contributed by atoms with Gasteiger partial charge in [-0.15, -0.1) is 0 Å². The van der Waals surface area contributed by atoms with Crippen LogP contribution in [0.1, 0.15) is 44.7 Å². The highest BCUT2D eigenvalue weighted by Gasteiger charge is 2.84. The van der Waals surface area contributed by atoms with Crippen molar-refractivity contribution in [1.82, 2.24) is 0 Å². The fourth-order valence-electron chi connectivity index (χ4n) is 9.62. The van der Waals surface area contributed by atoms with Gasteiger partial charge in [0.1, 0.15) is 34.5 Å². The number of benzene rings is 2. The van der Waals surface area contributed by atoms with Gasteiger partial charge in [-0.05, 0) is 36.8 Å². The summed E-state index contributed by atoms with van der Waals surface area (Å²) in [4.78, 5) is 58.8. The van der Waals surface area contributed by atoms with E-state index in [1.807, 2.05) is 0 Å². The summed E-state index contributed by atoms with van der Waals surface area (Å²) >= 11 is 0. The lowest BCUT2D eigenvalue weighted by Gasteiger charge is -2.51. The number of rotatable bonds is 4. The van der Waals surface area contributed by atoms with E-state index in [0.717, 1.165) is 0 Å². The zero-order valence-corrected chi connectivity index (χ0v) is 23.2. The maximum Gasteiger partial charge on any atom is 0.175 e. The molecule has 6 aliphatic carbocycles. The Morgan fingerprint density at radius 3 is 1.33 bits per heavy atom. The summed E-state index contributed by atoms with van der Waals surface area (Å²) in [7, 11) is 5.62. The highest BCUT2D eigenvalue weighted by Crippen LogP contribution is 2.80. The average Bonchev–Trinajstić information content (AvgIpc) is 3.48. The van der Waals surface area contributed by atoms with Gasteiger partial charge in [-0.1, -0.05) is 0 Å². The molecule has 6 atom stereocenters. The van der Waals surface area contributed by atoms with Gasteiger partial charge in [0.25, 0.3) is 0 Å². The minimum atomic E-state index is -1.69. The molecule has 0 saturated heterocycles. The van der Waals surface area contributed by atoms with Gasteiger partial charge >= 0.3 is 0 Å². The predicted octanol–water partition coefficient (Wildman–Crippen LogP) is 3.76. The molecule has 0 heterocycles. The third kappa shape index (κ3) is 2.28. The van der Waals surface area contributed by atoms with Crippen LogP contribution in [0.15, 0.2) is 35.4 Å². The Labute approximate surface area is 239 Å². The van der Waals surface area contributed by atoms with Crippen LogP contribution in [0.5, 0.6) is 23.0 Å². The second kappa shape index (κ2) is 7.61. The molecule has 2 spiro atoms. The molecule has 4 saturated carbocycles.